The lowest BCUT2D eigenvalue weighted by Crippen LogP contribution is -2.40. The number of ether oxygens (including phenoxy) is 2. The molecule has 0 bridgehead atoms. The van der Waals surface area contributed by atoms with E-state index < -0.39 is 0 Å². The predicted octanol–water partition coefficient (Wildman–Crippen LogP) is 1.22. The molecule has 0 spiro atoms. The molecule has 1 aliphatic rings. The molecule has 0 aromatic carbocycles. The lowest BCUT2D eigenvalue weighted by atomic mass is 10.1. The van der Waals surface area contributed by atoms with Crippen LogP contribution < -0.4 is 9.47 Å². The van der Waals surface area contributed by atoms with Gasteiger partial charge >= 0.3 is 6.01 Å². The van der Waals surface area contributed by atoms with Crippen LogP contribution >= 0.6 is 0 Å². The van der Waals surface area contributed by atoms with Crippen molar-refractivity contribution in [3.05, 3.63) is 24.2 Å². The van der Waals surface area contributed by atoms with Gasteiger partial charge in [0.25, 0.3) is 0 Å². The van der Waals surface area contributed by atoms with Gasteiger partial charge in [-0.3, -0.25) is 4.90 Å². The molecule has 8 heteroatoms. The zero-order chi connectivity index (χ0) is 15.4. The molecule has 1 aliphatic heterocycles. The highest BCUT2D eigenvalue weighted by Crippen LogP contribution is 2.18. The van der Waals surface area contributed by atoms with Gasteiger partial charge in [-0.05, 0) is 19.4 Å². The molecule has 1 fully saturated rings. The Hall–Kier alpha value is -2.22. The molecule has 2 aromatic heterocycles. The molecule has 8 nitrogen and oxygen atoms in total. The molecule has 3 heterocycles. The normalized spacial score (nSPS) is 19.1. The Morgan fingerprint density at radius 1 is 1.32 bits per heavy atom. The van der Waals surface area contributed by atoms with Gasteiger partial charge in [-0.2, -0.15) is 9.97 Å². The molecule has 22 heavy (non-hydrogen) atoms. The fraction of sp³-hybridized carbons (Fsp3) is 0.571. The van der Waals surface area contributed by atoms with Gasteiger partial charge in [0.15, 0.2) is 5.75 Å². The van der Waals surface area contributed by atoms with Crippen LogP contribution in [0.25, 0.3) is 0 Å². The van der Waals surface area contributed by atoms with Crippen LogP contribution in [0.15, 0.2) is 16.8 Å². The Kier molecular flexibility index (Phi) is 4.47. The first-order valence-corrected chi connectivity index (χ1v) is 7.27. The first kappa shape index (κ1) is 14.7. The molecule has 0 saturated carbocycles. The number of likely N-dealkylation sites (tertiary alicyclic amines) is 1. The van der Waals surface area contributed by atoms with E-state index in [-0.39, 0.29) is 6.10 Å². The zero-order valence-electron chi connectivity index (χ0n) is 12.7. The van der Waals surface area contributed by atoms with Crippen molar-refractivity contribution in [3.8, 4) is 11.8 Å². The number of piperidine rings is 1. The number of rotatable bonds is 5. The van der Waals surface area contributed by atoms with Crippen LogP contribution in [-0.2, 0) is 6.54 Å². The maximum Gasteiger partial charge on any atom is 0.316 e. The number of hydrogen-bond acceptors (Lipinski definition) is 8. The maximum atomic E-state index is 5.84. The molecular weight excluding hydrogens is 286 g/mol. The third kappa shape index (κ3) is 3.70. The van der Waals surface area contributed by atoms with E-state index in [1.807, 2.05) is 0 Å². The molecule has 0 amide bonds. The molecule has 3 rings (SSSR count). The lowest BCUT2D eigenvalue weighted by Gasteiger charge is -2.31. The third-order valence-corrected chi connectivity index (χ3v) is 3.50. The SMILES string of the molecule is COc1cnc(OC2CCCN(Cc3nnc(C)o3)C2)nc1. The highest BCUT2D eigenvalue weighted by Gasteiger charge is 2.23. The Morgan fingerprint density at radius 3 is 2.82 bits per heavy atom. The fourth-order valence-electron chi connectivity index (χ4n) is 2.47. The number of aryl methyl sites for hydroxylation is 1. The second-order valence-corrected chi connectivity index (χ2v) is 5.24. The summed E-state index contributed by atoms with van der Waals surface area (Å²) in [5.74, 6) is 1.84. The van der Waals surface area contributed by atoms with Crippen molar-refractivity contribution in [2.45, 2.75) is 32.4 Å². The molecule has 118 valence electrons. The molecular formula is C14H19N5O3. The summed E-state index contributed by atoms with van der Waals surface area (Å²) in [6.07, 6.45) is 5.29. The Bertz CT molecular complexity index is 601. The van der Waals surface area contributed by atoms with Crippen molar-refractivity contribution in [3.63, 3.8) is 0 Å². The van der Waals surface area contributed by atoms with Crippen LogP contribution in [-0.4, -0.2) is 51.4 Å². The van der Waals surface area contributed by atoms with Crippen LogP contribution in [0.4, 0.5) is 0 Å². The highest BCUT2D eigenvalue weighted by molar-refractivity contribution is 5.13. The minimum atomic E-state index is 0.0613. The molecule has 1 unspecified atom stereocenters. The number of hydrogen-bond donors (Lipinski definition) is 0. The van der Waals surface area contributed by atoms with E-state index in [0.717, 1.165) is 25.9 Å². The van der Waals surface area contributed by atoms with E-state index >= 15 is 0 Å². The molecule has 2 aromatic rings. The fourth-order valence-corrected chi connectivity index (χ4v) is 2.47. The number of nitrogens with zero attached hydrogens (tertiary/aromatic N) is 5. The largest absolute Gasteiger partial charge is 0.494 e. The van der Waals surface area contributed by atoms with Crippen molar-refractivity contribution in [2.24, 2.45) is 0 Å². The van der Waals surface area contributed by atoms with Gasteiger partial charge in [-0.25, -0.2) is 0 Å². The van der Waals surface area contributed by atoms with Crippen molar-refractivity contribution in [2.75, 3.05) is 20.2 Å². The number of aromatic nitrogens is 4. The Labute approximate surface area is 128 Å². The van der Waals surface area contributed by atoms with Crippen LogP contribution in [0.2, 0.25) is 0 Å². The van der Waals surface area contributed by atoms with Gasteiger partial charge in [0.05, 0.1) is 26.0 Å². The average Bonchev–Trinajstić information content (AvgIpc) is 2.93. The predicted molar refractivity (Wildman–Crippen MR) is 76.5 cm³/mol. The Balaban J connectivity index is 1.55. The van der Waals surface area contributed by atoms with Crippen LogP contribution in [0, 0.1) is 6.92 Å². The second kappa shape index (κ2) is 6.69. The first-order chi connectivity index (χ1) is 10.7. The van der Waals surface area contributed by atoms with Gasteiger partial charge < -0.3 is 13.9 Å². The van der Waals surface area contributed by atoms with Gasteiger partial charge in [0.1, 0.15) is 6.10 Å². The van der Waals surface area contributed by atoms with Gasteiger partial charge in [-0.15, -0.1) is 10.2 Å². The first-order valence-electron chi connectivity index (χ1n) is 7.27. The van der Waals surface area contributed by atoms with Gasteiger partial charge in [0, 0.05) is 13.5 Å². The van der Waals surface area contributed by atoms with Crippen LogP contribution in [0.3, 0.4) is 0 Å². The van der Waals surface area contributed by atoms with E-state index in [2.05, 4.69) is 25.1 Å². The minimum absolute atomic E-state index is 0.0613. The lowest BCUT2D eigenvalue weighted by molar-refractivity contribution is 0.0721. The maximum absolute atomic E-state index is 5.84. The molecule has 0 radical (unpaired) electrons. The summed E-state index contributed by atoms with van der Waals surface area (Å²) in [5.41, 5.74) is 0. The van der Waals surface area contributed by atoms with Gasteiger partial charge in [-0.1, -0.05) is 0 Å². The zero-order valence-corrected chi connectivity index (χ0v) is 12.7. The van der Waals surface area contributed by atoms with Crippen LogP contribution in [0.5, 0.6) is 11.8 Å². The minimum Gasteiger partial charge on any atom is -0.494 e. The molecule has 1 saturated heterocycles. The topological polar surface area (TPSA) is 86.4 Å². The van der Waals surface area contributed by atoms with E-state index in [0.29, 0.717) is 30.1 Å². The monoisotopic (exact) mass is 305 g/mol. The summed E-state index contributed by atoms with van der Waals surface area (Å²) in [6, 6.07) is 0.376. The van der Waals surface area contributed by atoms with Crippen molar-refractivity contribution in [1.29, 1.82) is 0 Å². The van der Waals surface area contributed by atoms with E-state index in [1.54, 1.807) is 26.4 Å². The molecule has 1 atom stereocenters. The molecule has 0 N–H and O–H groups in total. The van der Waals surface area contributed by atoms with Crippen molar-refractivity contribution in [1.82, 2.24) is 25.1 Å². The second-order valence-electron chi connectivity index (χ2n) is 5.24. The third-order valence-electron chi connectivity index (χ3n) is 3.50. The highest BCUT2D eigenvalue weighted by atomic mass is 16.5. The van der Waals surface area contributed by atoms with E-state index in [4.69, 9.17) is 13.9 Å². The quantitative estimate of drug-likeness (QED) is 0.815. The summed E-state index contributed by atoms with van der Waals surface area (Å²) in [5, 5.41) is 7.88. The van der Waals surface area contributed by atoms with Crippen molar-refractivity contribution >= 4 is 0 Å². The Morgan fingerprint density at radius 2 is 2.14 bits per heavy atom. The summed E-state index contributed by atoms with van der Waals surface area (Å²) in [7, 11) is 1.58. The summed E-state index contributed by atoms with van der Waals surface area (Å²) in [6.45, 7) is 4.21. The summed E-state index contributed by atoms with van der Waals surface area (Å²) < 4.78 is 16.3. The van der Waals surface area contributed by atoms with Crippen molar-refractivity contribution < 1.29 is 13.9 Å². The summed E-state index contributed by atoms with van der Waals surface area (Å²) in [4.78, 5) is 10.5. The summed E-state index contributed by atoms with van der Waals surface area (Å²) >= 11 is 0. The smallest absolute Gasteiger partial charge is 0.316 e. The van der Waals surface area contributed by atoms with Gasteiger partial charge in [0.2, 0.25) is 11.8 Å². The molecule has 0 aliphatic carbocycles. The van der Waals surface area contributed by atoms with E-state index in [9.17, 15) is 0 Å². The average molecular weight is 305 g/mol. The van der Waals surface area contributed by atoms with Crippen LogP contribution in [0.1, 0.15) is 24.6 Å². The standard InChI is InChI=1S/C14H19N5O3/c1-10-17-18-13(21-10)9-19-5-3-4-11(8-19)22-14-15-6-12(20-2)7-16-14/h6-7,11H,3-5,8-9H2,1-2H3. The number of methoxy groups -OCH3 is 1. The van der Waals surface area contributed by atoms with E-state index in [1.165, 1.54) is 0 Å².